The van der Waals surface area contributed by atoms with Crippen molar-refractivity contribution in [3.8, 4) is 11.5 Å². The van der Waals surface area contributed by atoms with Gasteiger partial charge in [0.2, 0.25) is 0 Å². The second-order valence-electron chi connectivity index (χ2n) is 9.56. The number of benzene rings is 1. The summed E-state index contributed by atoms with van der Waals surface area (Å²) in [4.78, 5) is 0. The molecule has 0 saturated carbocycles. The lowest BCUT2D eigenvalue weighted by molar-refractivity contribution is 0.309. The standard InChI is InChI=1S/C23H40O2/c1-7-23(5,6)17-11-8-12-18-14-15-20(24)21(25)19(18)13-9-10-16-22(2,3)4/h14-15,24-25H,7-13,16-17H2,1-6H3. The van der Waals surface area contributed by atoms with Gasteiger partial charge in [0, 0.05) is 5.56 Å². The lowest BCUT2D eigenvalue weighted by Gasteiger charge is -2.22. The Kier molecular flexibility index (Phi) is 8.31. The number of hydrogen-bond acceptors (Lipinski definition) is 2. The van der Waals surface area contributed by atoms with E-state index >= 15 is 0 Å². The van der Waals surface area contributed by atoms with Crippen molar-refractivity contribution in [2.75, 3.05) is 0 Å². The van der Waals surface area contributed by atoms with Crippen LogP contribution >= 0.6 is 0 Å². The summed E-state index contributed by atoms with van der Waals surface area (Å²) in [5.41, 5.74) is 2.95. The molecule has 2 N–H and O–H groups in total. The Morgan fingerprint density at radius 3 is 2.00 bits per heavy atom. The van der Waals surface area contributed by atoms with E-state index in [2.05, 4.69) is 41.5 Å². The van der Waals surface area contributed by atoms with Crippen LogP contribution in [0, 0.1) is 10.8 Å². The number of unbranched alkanes of at least 4 members (excludes halogenated alkanes) is 2. The van der Waals surface area contributed by atoms with Crippen LogP contribution in [0.25, 0.3) is 0 Å². The summed E-state index contributed by atoms with van der Waals surface area (Å²) in [5, 5.41) is 20.2. The zero-order valence-corrected chi connectivity index (χ0v) is 17.4. The van der Waals surface area contributed by atoms with E-state index in [4.69, 9.17) is 0 Å². The maximum Gasteiger partial charge on any atom is 0.160 e. The van der Waals surface area contributed by atoms with Gasteiger partial charge in [-0.3, -0.25) is 0 Å². The normalized spacial score (nSPS) is 12.6. The van der Waals surface area contributed by atoms with Gasteiger partial charge in [-0.25, -0.2) is 0 Å². The minimum Gasteiger partial charge on any atom is -0.504 e. The van der Waals surface area contributed by atoms with Crippen LogP contribution in [0.1, 0.15) is 97.6 Å². The molecule has 25 heavy (non-hydrogen) atoms. The van der Waals surface area contributed by atoms with Crippen LogP contribution in [0.5, 0.6) is 11.5 Å². The highest BCUT2D eigenvalue weighted by molar-refractivity contribution is 5.49. The molecule has 0 radical (unpaired) electrons. The number of aryl methyl sites for hydroxylation is 1. The predicted octanol–water partition coefficient (Wildman–Crippen LogP) is 7.01. The number of hydrogen-bond donors (Lipinski definition) is 2. The smallest absolute Gasteiger partial charge is 0.160 e. The van der Waals surface area contributed by atoms with Crippen molar-refractivity contribution in [1.82, 2.24) is 0 Å². The summed E-state index contributed by atoms with van der Waals surface area (Å²) in [7, 11) is 0. The van der Waals surface area contributed by atoms with Gasteiger partial charge in [-0.2, -0.15) is 0 Å². The van der Waals surface area contributed by atoms with Gasteiger partial charge in [0.15, 0.2) is 11.5 Å². The topological polar surface area (TPSA) is 40.5 Å². The molecule has 2 nitrogen and oxygen atoms in total. The lowest BCUT2D eigenvalue weighted by Crippen LogP contribution is -2.09. The van der Waals surface area contributed by atoms with E-state index in [9.17, 15) is 10.2 Å². The summed E-state index contributed by atoms with van der Waals surface area (Å²) >= 11 is 0. The van der Waals surface area contributed by atoms with Crippen molar-refractivity contribution in [2.24, 2.45) is 10.8 Å². The van der Waals surface area contributed by atoms with Crippen molar-refractivity contribution in [3.05, 3.63) is 23.3 Å². The minimum absolute atomic E-state index is 0.0155. The third-order valence-corrected chi connectivity index (χ3v) is 5.47. The van der Waals surface area contributed by atoms with Crippen LogP contribution in [0.4, 0.5) is 0 Å². The Bertz CT molecular complexity index is 524. The second kappa shape index (κ2) is 9.50. The van der Waals surface area contributed by atoms with Crippen LogP contribution in [0.2, 0.25) is 0 Å². The first-order chi connectivity index (χ1) is 11.6. The first-order valence-corrected chi connectivity index (χ1v) is 10.1. The molecule has 0 aromatic heterocycles. The first kappa shape index (κ1) is 21.9. The molecular formula is C23H40O2. The molecule has 144 valence electrons. The van der Waals surface area contributed by atoms with Gasteiger partial charge in [-0.1, -0.05) is 66.9 Å². The fraction of sp³-hybridized carbons (Fsp3) is 0.739. The fourth-order valence-electron chi connectivity index (χ4n) is 3.23. The summed E-state index contributed by atoms with van der Waals surface area (Å²) < 4.78 is 0. The Morgan fingerprint density at radius 1 is 0.800 bits per heavy atom. The molecule has 0 bridgehead atoms. The van der Waals surface area contributed by atoms with E-state index in [0.717, 1.165) is 37.7 Å². The zero-order valence-electron chi connectivity index (χ0n) is 17.4. The van der Waals surface area contributed by atoms with Crippen LogP contribution in [-0.2, 0) is 12.8 Å². The molecule has 1 aromatic rings. The van der Waals surface area contributed by atoms with E-state index in [-0.39, 0.29) is 11.5 Å². The Hall–Kier alpha value is -1.18. The average molecular weight is 349 g/mol. The van der Waals surface area contributed by atoms with Crippen molar-refractivity contribution in [1.29, 1.82) is 0 Å². The molecule has 1 rings (SSSR count). The second-order valence-corrected chi connectivity index (χ2v) is 9.56. The molecule has 1 aromatic carbocycles. The lowest BCUT2D eigenvalue weighted by atomic mass is 9.84. The number of aromatic hydroxyl groups is 2. The molecule has 0 saturated heterocycles. The van der Waals surface area contributed by atoms with Gasteiger partial charge in [-0.05, 0) is 61.0 Å². The van der Waals surface area contributed by atoms with Gasteiger partial charge in [-0.15, -0.1) is 0 Å². The quantitative estimate of drug-likeness (QED) is 0.353. The molecule has 0 aliphatic heterocycles. The van der Waals surface area contributed by atoms with Gasteiger partial charge >= 0.3 is 0 Å². The molecule has 0 amide bonds. The monoisotopic (exact) mass is 348 g/mol. The van der Waals surface area contributed by atoms with E-state index in [1.165, 1.54) is 31.2 Å². The Balaban J connectivity index is 2.62. The highest BCUT2D eigenvalue weighted by Gasteiger charge is 2.16. The molecule has 0 spiro atoms. The van der Waals surface area contributed by atoms with Gasteiger partial charge in [0.1, 0.15) is 0 Å². The maximum atomic E-state index is 10.3. The minimum atomic E-state index is 0.0155. The SMILES string of the molecule is CCC(C)(C)CCCCc1ccc(O)c(O)c1CCCCC(C)(C)C. The molecule has 0 aliphatic carbocycles. The molecule has 0 aliphatic rings. The van der Waals surface area contributed by atoms with Gasteiger partial charge in [0.05, 0.1) is 0 Å². The number of rotatable bonds is 10. The summed E-state index contributed by atoms with van der Waals surface area (Å²) in [6.07, 6.45) is 10.1. The van der Waals surface area contributed by atoms with Gasteiger partial charge in [0.25, 0.3) is 0 Å². The molecule has 0 fully saturated rings. The predicted molar refractivity (Wildman–Crippen MR) is 108 cm³/mol. The molecular weight excluding hydrogens is 308 g/mol. The van der Waals surface area contributed by atoms with Crippen LogP contribution in [0.15, 0.2) is 12.1 Å². The Labute approximate surface area is 155 Å². The van der Waals surface area contributed by atoms with Crippen molar-refractivity contribution >= 4 is 0 Å². The third-order valence-electron chi connectivity index (χ3n) is 5.47. The first-order valence-electron chi connectivity index (χ1n) is 10.1. The van der Waals surface area contributed by atoms with E-state index < -0.39 is 0 Å². The van der Waals surface area contributed by atoms with E-state index in [1.54, 1.807) is 6.07 Å². The largest absolute Gasteiger partial charge is 0.504 e. The molecule has 0 atom stereocenters. The highest BCUT2D eigenvalue weighted by atomic mass is 16.3. The summed E-state index contributed by atoms with van der Waals surface area (Å²) in [6, 6.07) is 3.64. The summed E-state index contributed by atoms with van der Waals surface area (Å²) in [5.74, 6) is 0.115. The molecule has 0 heterocycles. The third kappa shape index (κ3) is 8.16. The van der Waals surface area contributed by atoms with Crippen molar-refractivity contribution in [2.45, 2.75) is 99.3 Å². The summed E-state index contributed by atoms with van der Waals surface area (Å²) in [6.45, 7) is 13.7. The molecule has 2 heteroatoms. The average Bonchev–Trinajstić information content (AvgIpc) is 2.52. The van der Waals surface area contributed by atoms with Crippen LogP contribution in [0.3, 0.4) is 0 Å². The Morgan fingerprint density at radius 2 is 1.40 bits per heavy atom. The highest BCUT2D eigenvalue weighted by Crippen LogP contribution is 2.34. The van der Waals surface area contributed by atoms with Crippen molar-refractivity contribution < 1.29 is 10.2 Å². The van der Waals surface area contributed by atoms with Gasteiger partial charge < -0.3 is 10.2 Å². The number of phenolic OH excluding ortho intramolecular Hbond substituents is 2. The van der Waals surface area contributed by atoms with Crippen LogP contribution in [-0.4, -0.2) is 10.2 Å². The van der Waals surface area contributed by atoms with E-state index in [0.29, 0.717) is 10.8 Å². The molecule has 0 unspecified atom stereocenters. The zero-order chi connectivity index (χ0) is 19.1. The van der Waals surface area contributed by atoms with E-state index in [1.807, 2.05) is 6.07 Å². The van der Waals surface area contributed by atoms with Crippen LogP contribution < -0.4 is 0 Å². The van der Waals surface area contributed by atoms with Crippen molar-refractivity contribution in [3.63, 3.8) is 0 Å². The maximum absolute atomic E-state index is 10.3. The number of phenols is 2. The fourth-order valence-corrected chi connectivity index (χ4v) is 3.23.